The fourth-order valence-corrected chi connectivity index (χ4v) is 3.79. The monoisotopic (exact) mass is 343 g/mol. The topological polar surface area (TPSA) is 65.5 Å². The molecule has 25 heavy (non-hydrogen) atoms. The van der Waals surface area contributed by atoms with Gasteiger partial charge in [-0.05, 0) is 37.8 Å². The second-order valence-electron chi connectivity index (χ2n) is 6.82. The molecule has 1 N–H and O–H groups in total. The highest BCUT2D eigenvalue weighted by Crippen LogP contribution is 2.42. The summed E-state index contributed by atoms with van der Waals surface area (Å²) in [5, 5.41) is 3.40. The summed E-state index contributed by atoms with van der Waals surface area (Å²) in [6, 6.07) is 7.92. The number of rotatable bonds is 6. The van der Waals surface area contributed by atoms with Gasteiger partial charge < -0.3 is 19.5 Å². The van der Waals surface area contributed by atoms with Crippen molar-refractivity contribution in [2.24, 2.45) is 5.41 Å². The molecule has 6 nitrogen and oxygen atoms in total. The van der Waals surface area contributed by atoms with E-state index in [2.05, 4.69) is 15.3 Å². The van der Waals surface area contributed by atoms with Gasteiger partial charge in [0.1, 0.15) is 5.82 Å². The second-order valence-corrected chi connectivity index (χ2v) is 6.82. The number of nitrogens with zero attached hydrogens (tertiary/aromatic N) is 2. The van der Waals surface area contributed by atoms with Crippen molar-refractivity contribution < 1.29 is 14.2 Å². The van der Waals surface area contributed by atoms with E-state index in [9.17, 15) is 0 Å². The molecule has 2 fully saturated rings. The summed E-state index contributed by atoms with van der Waals surface area (Å²) in [6.07, 6.45) is 5.85. The molecule has 1 aromatic carbocycles. The van der Waals surface area contributed by atoms with E-state index in [0.29, 0.717) is 13.2 Å². The lowest BCUT2D eigenvalue weighted by atomic mass is 9.75. The Labute approximate surface area is 147 Å². The van der Waals surface area contributed by atoms with Crippen LogP contribution in [0, 0.1) is 5.41 Å². The maximum atomic E-state index is 5.84. The van der Waals surface area contributed by atoms with Crippen LogP contribution in [-0.2, 0) is 14.2 Å². The molecule has 3 heterocycles. The molecule has 0 spiro atoms. The van der Waals surface area contributed by atoms with Gasteiger partial charge in [-0.2, -0.15) is 0 Å². The van der Waals surface area contributed by atoms with Crippen molar-refractivity contribution in [1.29, 1.82) is 0 Å². The maximum Gasteiger partial charge on any atom is 0.163 e. The molecule has 4 rings (SSSR count). The number of benzene rings is 1. The molecule has 0 bridgehead atoms. The molecule has 2 aliphatic heterocycles. The van der Waals surface area contributed by atoms with Crippen LogP contribution in [0.25, 0.3) is 11.0 Å². The van der Waals surface area contributed by atoms with E-state index in [1.807, 2.05) is 24.3 Å². The number of aromatic nitrogens is 2. The first-order valence-corrected chi connectivity index (χ1v) is 9.12. The van der Waals surface area contributed by atoms with Gasteiger partial charge in [0, 0.05) is 25.2 Å². The van der Waals surface area contributed by atoms with Crippen LogP contribution in [-0.4, -0.2) is 49.2 Å². The summed E-state index contributed by atoms with van der Waals surface area (Å²) in [5.41, 5.74) is 1.93. The van der Waals surface area contributed by atoms with Crippen molar-refractivity contribution in [1.82, 2.24) is 9.97 Å². The van der Waals surface area contributed by atoms with Gasteiger partial charge in [0.15, 0.2) is 6.29 Å². The van der Waals surface area contributed by atoms with Crippen LogP contribution >= 0.6 is 0 Å². The molecule has 2 saturated heterocycles. The van der Waals surface area contributed by atoms with Crippen molar-refractivity contribution >= 4 is 16.9 Å². The van der Waals surface area contributed by atoms with Crippen LogP contribution in [0.3, 0.4) is 0 Å². The van der Waals surface area contributed by atoms with E-state index in [1.54, 1.807) is 6.20 Å². The molecule has 0 saturated carbocycles. The zero-order valence-corrected chi connectivity index (χ0v) is 14.4. The standard InChI is InChI=1S/C19H25N3O3/c1-2-5-16-15(4-1)21-14-17(22-16)20-9-3-6-19(7-10-23-11-8-19)18-24-12-13-25-18/h1-2,4-5,14,18H,3,6-13H2,(H,20,22). The van der Waals surface area contributed by atoms with E-state index in [-0.39, 0.29) is 11.7 Å². The number of hydrogen-bond acceptors (Lipinski definition) is 6. The Morgan fingerprint density at radius 1 is 1.04 bits per heavy atom. The van der Waals surface area contributed by atoms with E-state index >= 15 is 0 Å². The van der Waals surface area contributed by atoms with E-state index in [1.165, 1.54) is 0 Å². The van der Waals surface area contributed by atoms with Crippen LogP contribution in [0.2, 0.25) is 0 Å². The molecular weight excluding hydrogens is 318 g/mol. The van der Waals surface area contributed by atoms with Crippen LogP contribution in [0.4, 0.5) is 5.82 Å². The number of fused-ring (bicyclic) bond motifs is 1. The zero-order chi connectivity index (χ0) is 17.0. The van der Waals surface area contributed by atoms with Gasteiger partial charge in [-0.15, -0.1) is 0 Å². The van der Waals surface area contributed by atoms with Gasteiger partial charge in [0.05, 0.1) is 30.4 Å². The molecule has 0 aliphatic carbocycles. The lowest BCUT2D eigenvalue weighted by molar-refractivity contribution is -0.168. The Morgan fingerprint density at radius 3 is 2.60 bits per heavy atom. The molecular formula is C19H25N3O3. The van der Waals surface area contributed by atoms with E-state index < -0.39 is 0 Å². The molecule has 0 atom stereocenters. The van der Waals surface area contributed by atoms with Crippen LogP contribution < -0.4 is 5.32 Å². The largest absolute Gasteiger partial charge is 0.381 e. The van der Waals surface area contributed by atoms with Crippen molar-refractivity contribution in [3.05, 3.63) is 30.5 Å². The molecule has 2 aromatic rings. The Kier molecular flexibility index (Phi) is 5.10. The minimum Gasteiger partial charge on any atom is -0.381 e. The highest BCUT2D eigenvalue weighted by atomic mass is 16.7. The summed E-state index contributed by atoms with van der Waals surface area (Å²) in [5.74, 6) is 0.827. The lowest BCUT2D eigenvalue weighted by Gasteiger charge is -2.40. The molecule has 1 aromatic heterocycles. The number of nitrogens with one attached hydrogen (secondary N) is 1. The Balaban J connectivity index is 1.33. The average Bonchev–Trinajstić information content (AvgIpc) is 3.21. The molecule has 134 valence electrons. The van der Waals surface area contributed by atoms with Crippen LogP contribution in [0.1, 0.15) is 25.7 Å². The summed E-state index contributed by atoms with van der Waals surface area (Å²) in [7, 11) is 0. The van der Waals surface area contributed by atoms with Gasteiger partial charge in [-0.25, -0.2) is 4.98 Å². The van der Waals surface area contributed by atoms with Gasteiger partial charge in [0.25, 0.3) is 0 Å². The first-order chi connectivity index (χ1) is 12.4. The van der Waals surface area contributed by atoms with Gasteiger partial charge in [0.2, 0.25) is 0 Å². The number of anilines is 1. The van der Waals surface area contributed by atoms with Gasteiger partial charge in [-0.1, -0.05) is 12.1 Å². The van der Waals surface area contributed by atoms with Crippen LogP contribution in [0.15, 0.2) is 30.5 Å². The predicted octanol–water partition coefficient (Wildman–Crippen LogP) is 2.99. The quantitative estimate of drug-likeness (QED) is 0.814. The second kappa shape index (κ2) is 7.64. The fraction of sp³-hybridized carbons (Fsp3) is 0.579. The first-order valence-electron chi connectivity index (χ1n) is 9.12. The summed E-state index contributed by atoms with van der Waals surface area (Å²) >= 11 is 0. The average molecular weight is 343 g/mol. The third-order valence-corrected chi connectivity index (χ3v) is 5.22. The minimum absolute atomic E-state index is 0.0724. The lowest BCUT2D eigenvalue weighted by Crippen LogP contribution is -2.41. The molecule has 0 radical (unpaired) electrons. The van der Waals surface area contributed by atoms with Crippen LogP contribution in [0.5, 0.6) is 0 Å². The maximum absolute atomic E-state index is 5.84. The number of ether oxygens (including phenoxy) is 3. The van der Waals surface area contributed by atoms with Crippen molar-refractivity contribution in [3.8, 4) is 0 Å². The van der Waals surface area contributed by atoms with Crippen molar-refractivity contribution in [2.45, 2.75) is 32.0 Å². The SMILES string of the molecule is c1ccc2nc(NCCCC3(C4OCCO4)CCOCC3)cnc2c1. The van der Waals surface area contributed by atoms with E-state index in [0.717, 1.165) is 62.3 Å². The number of hydrogen-bond donors (Lipinski definition) is 1. The third-order valence-electron chi connectivity index (χ3n) is 5.22. The molecule has 2 aliphatic rings. The Bertz CT molecular complexity index is 697. The van der Waals surface area contributed by atoms with Crippen molar-refractivity contribution in [2.75, 3.05) is 38.3 Å². The Morgan fingerprint density at radius 2 is 1.80 bits per heavy atom. The van der Waals surface area contributed by atoms with Gasteiger partial charge >= 0.3 is 0 Å². The minimum atomic E-state index is -0.0724. The Hall–Kier alpha value is -1.76. The normalized spacial score (nSPS) is 20.8. The fourth-order valence-electron chi connectivity index (χ4n) is 3.79. The number of para-hydroxylation sites is 2. The predicted molar refractivity (Wildman–Crippen MR) is 95.4 cm³/mol. The van der Waals surface area contributed by atoms with E-state index in [4.69, 9.17) is 14.2 Å². The molecule has 0 amide bonds. The van der Waals surface area contributed by atoms with Gasteiger partial charge in [-0.3, -0.25) is 4.98 Å². The summed E-state index contributed by atoms with van der Waals surface area (Å²) in [4.78, 5) is 9.06. The summed E-state index contributed by atoms with van der Waals surface area (Å²) < 4.78 is 17.2. The highest BCUT2D eigenvalue weighted by molar-refractivity contribution is 5.75. The molecule has 0 unspecified atom stereocenters. The first kappa shape index (κ1) is 16.7. The smallest absolute Gasteiger partial charge is 0.163 e. The van der Waals surface area contributed by atoms with Crippen molar-refractivity contribution in [3.63, 3.8) is 0 Å². The highest BCUT2D eigenvalue weighted by Gasteiger charge is 2.43. The summed E-state index contributed by atoms with van der Waals surface area (Å²) in [6.45, 7) is 3.87. The zero-order valence-electron chi connectivity index (χ0n) is 14.4. The molecule has 6 heteroatoms. The third kappa shape index (κ3) is 3.76.